The van der Waals surface area contributed by atoms with Crippen molar-refractivity contribution in [1.82, 2.24) is 9.78 Å². The lowest BCUT2D eigenvalue weighted by molar-refractivity contribution is 0.323. The highest BCUT2D eigenvalue weighted by Crippen LogP contribution is 2.28. The maximum Gasteiger partial charge on any atom is 0.0763 e. The maximum absolute atomic E-state index is 5.59. The lowest BCUT2D eigenvalue weighted by Crippen LogP contribution is -2.15. The standard InChI is InChI=1S/C11H19N3/c1-9-7-10(8-12)13-14(9)11-5-3-2-4-6-11/h7,11H,2-6,8,12H2,1H3. The van der Waals surface area contributed by atoms with E-state index in [0.717, 1.165) is 5.69 Å². The molecule has 78 valence electrons. The van der Waals surface area contributed by atoms with E-state index in [1.54, 1.807) is 0 Å². The van der Waals surface area contributed by atoms with Gasteiger partial charge in [-0.3, -0.25) is 4.68 Å². The maximum atomic E-state index is 5.59. The topological polar surface area (TPSA) is 43.8 Å². The molecule has 2 rings (SSSR count). The number of hydrogen-bond donors (Lipinski definition) is 1. The Morgan fingerprint density at radius 3 is 2.71 bits per heavy atom. The summed E-state index contributed by atoms with van der Waals surface area (Å²) in [6, 6.07) is 2.73. The smallest absolute Gasteiger partial charge is 0.0763 e. The Labute approximate surface area is 85.3 Å². The zero-order valence-electron chi connectivity index (χ0n) is 8.87. The number of rotatable bonds is 2. The molecule has 0 unspecified atom stereocenters. The van der Waals surface area contributed by atoms with E-state index in [-0.39, 0.29) is 0 Å². The summed E-state index contributed by atoms with van der Waals surface area (Å²) in [7, 11) is 0. The molecule has 1 aliphatic rings. The van der Waals surface area contributed by atoms with Crippen LogP contribution in [0.3, 0.4) is 0 Å². The number of nitrogens with zero attached hydrogens (tertiary/aromatic N) is 2. The third kappa shape index (κ3) is 1.82. The summed E-state index contributed by atoms with van der Waals surface area (Å²) in [5.41, 5.74) is 7.87. The average Bonchev–Trinajstić information content (AvgIpc) is 2.61. The van der Waals surface area contributed by atoms with Crippen LogP contribution in [0.5, 0.6) is 0 Å². The highest BCUT2D eigenvalue weighted by molar-refractivity contribution is 5.09. The Hall–Kier alpha value is -0.830. The van der Waals surface area contributed by atoms with Crippen molar-refractivity contribution < 1.29 is 0 Å². The molecule has 0 spiro atoms. The molecule has 14 heavy (non-hydrogen) atoms. The summed E-state index contributed by atoms with van der Waals surface area (Å²) in [6.45, 7) is 2.68. The quantitative estimate of drug-likeness (QED) is 0.782. The van der Waals surface area contributed by atoms with Gasteiger partial charge in [0.1, 0.15) is 0 Å². The van der Waals surface area contributed by atoms with E-state index >= 15 is 0 Å². The molecule has 0 amide bonds. The van der Waals surface area contributed by atoms with Crippen LogP contribution >= 0.6 is 0 Å². The molecule has 3 heteroatoms. The fourth-order valence-corrected chi connectivity index (χ4v) is 2.35. The Morgan fingerprint density at radius 1 is 1.43 bits per heavy atom. The molecule has 0 radical (unpaired) electrons. The molecular formula is C11H19N3. The van der Waals surface area contributed by atoms with Crippen molar-refractivity contribution in [2.45, 2.75) is 51.6 Å². The molecule has 1 aromatic heterocycles. The summed E-state index contributed by atoms with van der Waals surface area (Å²) in [5.74, 6) is 0. The Kier molecular flexibility index (Phi) is 2.87. The van der Waals surface area contributed by atoms with Crippen molar-refractivity contribution in [3.05, 3.63) is 17.5 Å². The molecule has 0 aliphatic heterocycles. The predicted octanol–water partition coefficient (Wildman–Crippen LogP) is 2.16. The predicted molar refractivity (Wildman–Crippen MR) is 57.0 cm³/mol. The summed E-state index contributed by atoms with van der Waals surface area (Å²) < 4.78 is 2.18. The molecule has 1 saturated carbocycles. The van der Waals surface area contributed by atoms with Crippen molar-refractivity contribution in [2.75, 3.05) is 0 Å². The fourth-order valence-electron chi connectivity index (χ4n) is 2.35. The van der Waals surface area contributed by atoms with Gasteiger partial charge >= 0.3 is 0 Å². The molecule has 0 saturated heterocycles. The van der Waals surface area contributed by atoms with E-state index < -0.39 is 0 Å². The molecule has 2 N–H and O–H groups in total. The van der Waals surface area contributed by atoms with Crippen LogP contribution in [-0.2, 0) is 6.54 Å². The lowest BCUT2D eigenvalue weighted by Gasteiger charge is -2.23. The molecule has 1 aromatic rings. The minimum Gasteiger partial charge on any atom is -0.325 e. The fraction of sp³-hybridized carbons (Fsp3) is 0.727. The van der Waals surface area contributed by atoms with Gasteiger partial charge in [-0.25, -0.2) is 0 Å². The molecule has 3 nitrogen and oxygen atoms in total. The summed E-state index contributed by atoms with van der Waals surface area (Å²) in [6.07, 6.45) is 6.66. The average molecular weight is 193 g/mol. The van der Waals surface area contributed by atoms with E-state index in [2.05, 4.69) is 22.8 Å². The summed E-state index contributed by atoms with van der Waals surface area (Å²) in [5, 5.41) is 4.54. The Balaban J connectivity index is 2.17. The van der Waals surface area contributed by atoms with E-state index in [0.29, 0.717) is 12.6 Å². The molecule has 0 bridgehead atoms. The molecule has 1 heterocycles. The highest BCUT2D eigenvalue weighted by Gasteiger charge is 2.17. The molecule has 1 fully saturated rings. The van der Waals surface area contributed by atoms with Crippen LogP contribution in [-0.4, -0.2) is 9.78 Å². The van der Waals surface area contributed by atoms with Crippen LogP contribution < -0.4 is 5.73 Å². The number of aromatic nitrogens is 2. The zero-order chi connectivity index (χ0) is 9.97. The van der Waals surface area contributed by atoms with Gasteiger partial charge in [0.05, 0.1) is 11.7 Å². The van der Waals surface area contributed by atoms with E-state index in [4.69, 9.17) is 5.73 Å². The van der Waals surface area contributed by atoms with Crippen LogP contribution in [0.2, 0.25) is 0 Å². The van der Waals surface area contributed by atoms with Crippen LogP contribution in [0, 0.1) is 6.92 Å². The van der Waals surface area contributed by atoms with Crippen molar-refractivity contribution in [3.8, 4) is 0 Å². The third-order valence-corrected chi connectivity index (χ3v) is 3.10. The van der Waals surface area contributed by atoms with Gasteiger partial charge in [0.15, 0.2) is 0 Å². The second-order valence-corrected chi connectivity index (χ2v) is 4.22. The second kappa shape index (κ2) is 4.13. The molecular weight excluding hydrogens is 174 g/mol. The van der Waals surface area contributed by atoms with Crippen LogP contribution in [0.1, 0.15) is 49.5 Å². The lowest BCUT2D eigenvalue weighted by atomic mass is 9.95. The van der Waals surface area contributed by atoms with Gasteiger partial charge in [0.25, 0.3) is 0 Å². The first-order valence-corrected chi connectivity index (χ1v) is 5.56. The van der Waals surface area contributed by atoms with Crippen molar-refractivity contribution in [2.24, 2.45) is 5.73 Å². The first-order chi connectivity index (χ1) is 6.81. The van der Waals surface area contributed by atoms with E-state index in [1.807, 2.05) is 0 Å². The second-order valence-electron chi connectivity index (χ2n) is 4.22. The van der Waals surface area contributed by atoms with Crippen molar-refractivity contribution >= 4 is 0 Å². The van der Waals surface area contributed by atoms with E-state index in [9.17, 15) is 0 Å². The molecule has 0 aromatic carbocycles. The van der Waals surface area contributed by atoms with Gasteiger partial charge in [-0.2, -0.15) is 5.10 Å². The van der Waals surface area contributed by atoms with Gasteiger partial charge in [-0.1, -0.05) is 19.3 Å². The van der Waals surface area contributed by atoms with Gasteiger partial charge in [-0.15, -0.1) is 0 Å². The Morgan fingerprint density at radius 2 is 2.14 bits per heavy atom. The normalized spacial score (nSPS) is 18.7. The Bertz CT molecular complexity index is 297. The monoisotopic (exact) mass is 193 g/mol. The minimum atomic E-state index is 0.556. The number of hydrogen-bond acceptors (Lipinski definition) is 2. The largest absolute Gasteiger partial charge is 0.325 e. The zero-order valence-corrected chi connectivity index (χ0v) is 8.87. The first-order valence-electron chi connectivity index (χ1n) is 5.56. The van der Waals surface area contributed by atoms with Crippen molar-refractivity contribution in [1.29, 1.82) is 0 Å². The first kappa shape index (κ1) is 9.71. The molecule has 1 aliphatic carbocycles. The SMILES string of the molecule is Cc1cc(CN)nn1C1CCCCC1. The van der Waals surface area contributed by atoms with Gasteiger partial charge in [-0.05, 0) is 25.8 Å². The summed E-state index contributed by atoms with van der Waals surface area (Å²) >= 11 is 0. The van der Waals surface area contributed by atoms with Crippen molar-refractivity contribution in [3.63, 3.8) is 0 Å². The number of aryl methyl sites for hydroxylation is 1. The van der Waals surface area contributed by atoms with Crippen LogP contribution in [0.25, 0.3) is 0 Å². The third-order valence-electron chi connectivity index (χ3n) is 3.10. The van der Waals surface area contributed by atoms with Gasteiger partial charge in [0.2, 0.25) is 0 Å². The van der Waals surface area contributed by atoms with Gasteiger partial charge < -0.3 is 5.73 Å². The van der Waals surface area contributed by atoms with Gasteiger partial charge in [0, 0.05) is 12.2 Å². The highest BCUT2D eigenvalue weighted by atomic mass is 15.3. The summed E-state index contributed by atoms with van der Waals surface area (Å²) in [4.78, 5) is 0. The van der Waals surface area contributed by atoms with E-state index in [1.165, 1.54) is 37.8 Å². The molecule has 0 atom stereocenters. The van der Waals surface area contributed by atoms with Crippen LogP contribution in [0.4, 0.5) is 0 Å². The minimum absolute atomic E-state index is 0.556. The number of nitrogens with two attached hydrogens (primary N) is 1. The van der Waals surface area contributed by atoms with Crippen LogP contribution in [0.15, 0.2) is 6.07 Å².